The Labute approximate surface area is 116 Å². The summed E-state index contributed by atoms with van der Waals surface area (Å²) in [5.74, 6) is 0.320. The molecule has 0 aliphatic carbocycles. The molecular formula is C13H15N6O. The van der Waals surface area contributed by atoms with Gasteiger partial charge in [-0.05, 0) is 18.9 Å². The first-order valence-corrected chi connectivity index (χ1v) is 6.48. The van der Waals surface area contributed by atoms with Gasteiger partial charge in [-0.25, -0.2) is 14.6 Å². The second kappa shape index (κ2) is 4.92. The Morgan fingerprint density at radius 2 is 2.40 bits per heavy atom. The molecule has 7 heteroatoms. The van der Waals surface area contributed by atoms with E-state index in [2.05, 4.69) is 27.8 Å². The summed E-state index contributed by atoms with van der Waals surface area (Å²) >= 11 is 0. The van der Waals surface area contributed by atoms with E-state index < -0.39 is 0 Å². The first-order valence-electron chi connectivity index (χ1n) is 6.48. The van der Waals surface area contributed by atoms with E-state index >= 15 is 0 Å². The molecule has 3 rings (SSSR count). The van der Waals surface area contributed by atoms with Crippen molar-refractivity contribution in [1.82, 2.24) is 24.6 Å². The van der Waals surface area contributed by atoms with Crippen molar-refractivity contribution in [3.05, 3.63) is 25.2 Å². The number of nitrogens with zero attached hydrogens (tertiary/aromatic N) is 5. The third-order valence-electron chi connectivity index (χ3n) is 3.57. The molecular weight excluding hydrogens is 256 g/mol. The molecule has 1 saturated heterocycles. The molecule has 0 unspecified atom stereocenters. The molecule has 3 heterocycles. The summed E-state index contributed by atoms with van der Waals surface area (Å²) in [6.45, 7) is 4.88. The lowest BCUT2D eigenvalue weighted by atomic mass is 10.1. The number of carbonyl (C=O) groups is 1. The van der Waals surface area contributed by atoms with Gasteiger partial charge in [0.1, 0.15) is 18.3 Å². The van der Waals surface area contributed by atoms with Gasteiger partial charge in [-0.15, -0.1) is 0 Å². The fourth-order valence-electron chi connectivity index (χ4n) is 2.56. The van der Waals surface area contributed by atoms with Crippen molar-refractivity contribution in [3.63, 3.8) is 0 Å². The van der Waals surface area contributed by atoms with Crippen LogP contribution in [-0.2, 0) is 4.79 Å². The summed E-state index contributed by atoms with van der Waals surface area (Å²) in [4.78, 5) is 21.6. The van der Waals surface area contributed by atoms with Gasteiger partial charge in [0.2, 0.25) is 5.91 Å². The third kappa shape index (κ3) is 2.01. The quantitative estimate of drug-likeness (QED) is 0.806. The number of nitrogens with two attached hydrogens (primary N) is 1. The third-order valence-corrected chi connectivity index (χ3v) is 3.57. The Morgan fingerprint density at radius 1 is 1.55 bits per heavy atom. The monoisotopic (exact) mass is 271 g/mol. The van der Waals surface area contributed by atoms with Crippen LogP contribution in [0.4, 0.5) is 5.82 Å². The van der Waals surface area contributed by atoms with E-state index in [9.17, 15) is 4.79 Å². The normalized spacial score (nSPS) is 19.2. The summed E-state index contributed by atoms with van der Waals surface area (Å²) in [6, 6.07) is 0.0794. The van der Waals surface area contributed by atoms with Gasteiger partial charge in [0.15, 0.2) is 5.65 Å². The van der Waals surface area contributed by atoms with Crippen LogP contribution in [0.5, 0.6) is 0 Å². The van der Waals surface area contributed by atoms with Gasteiger partial charge in [0.05, 0.1) is 11.4 Å². The SMILES string of the molecule is C=CC(=O)N1CCC[C@@H](n2n[c]c3c(N)ncnc32)C1. The van der Waals surface area contributed by atoms with E-state index in [1.807, 2.05) is 0 Å². The Morgan fingerprint density at radius 3 is 3.20 bits per heavy atom. The molecule has 1 atom stereocenters. The molecule has 1 radical (unpaired) electrons. The average Bonchev–Trinajstić information content (AvgIpc) is 2.92. The van der Waals surface area contributed by atoms with E-state index in [0.29, 0.717) is 23.4 Å². The van der Waals surface area contributed by atoms with Crippen LogP contribution in [0.25, 0.3) is 11.0 Å². The smallest absolute Gasteiger partial charge is 0.246 e. The summed E-state index contributed by atoms with van der Waals surface area (Å²) < 4.78 is 1.79. The zero-order valence-corrected chi connectivity index (χ0v) is 11.0. The number of anilines is 1. The van der Waals surface area contributed by atoms with Gasteiger partial charge < -0.3 is 10.6 Å². The summed E-state index contributed by atoms with van der Waals surface area (Å²) in [7, 11) is 0. The Hall–Kier alpha value is -2.44. The molecule has 2 aromatic rings. The van der Waals surface area contributed by atoms with E-state index in [4.69, 9.17) is 5.73 Å². The second-order valence-corrected chi connectivity index (χ2v) is 4.80. The fourth-order valence-corrected chi connectivity index (χ4v) is 2.56. The number of piperidine rings is 1. The van der Waals surface area contributed by atoms with Crippen LogP contribution < -0.4 is 5.73 Å². The van der Waals surface area contributed by atoms with Gasteiger partial charge in [-0.1, -0.05) is 6.58 Å². The Kier molecular flexibility index (Phi) is 3.09. The molecule has 20 heavy (non-hydrogen) atoms. The second-order valence-electron chi connectivity index (χ2n) is 4.80. The van der Waals surface area contributed by atoms with Gasteiger partial charge in [0.25, 0.3) is 0 Å². The van der Waals surface area contributed by atoms with Gasteiger partial charge >= 0.3 is 0 Å². The highest BCUT2D eigenvalue weighted by Gasteiger charge is 2.25. The number of rotatable bonds is 2. The van der Waals surface area contributed by atoms with Crippen molar-refractivity contribution >= 4 is 22.8 Å². The number of nitrogen functional groups attached to an aromatic ring is 1. The maximum Gasteiger partial charge on any atom is 0.246 e. The lowest BCUT2D eigenvalue weighted by Gasteiger charge is -2.32. The van der Waals surface area contributed by atoms with Crippen LogP contribution >= 0.6 is 0 Å². The first kappa shape index (κ1) is 12.6. The summed E-state index contributed by atoms with van der Waals surface area (Å²) in [5.41, 5.74) is 6.45. The standard InChI is InChI=1S/C13H15N6O/c1-2-11(20)18-5-3-4-9(7-18)19-13-10(6-17-19)12(14)15-8-16-13/h2,8-9H,1,3-5,7H2,(H2,14,15,16)/t9-/m1/s1. The van der Waals surface area contributed by atoms with Crippen LogP contribution in [-0.4, -0.2) is 43.6 Å². The van der Waals surface area contributed by atoms with Gasteiger partial charge in [-0.2, -0.15) is 5.10 Å². The van der Waals surface area contributed by atoms with E-state index in [1.54, 1.807) is 9.58 Å². The highest BCUT2D eigenvalue weighted by atomic mass is 16.2. The average molecular weight is 271 g/mol. The summed E-state index contributed by atoms with van der Waals surface area (Å²) in [5, 5.41) is 4.87. The van der Waals surface area contributed by atoms with Crippen molar-refractivity contribution in [2.75, 3.05) is 18.8 Å². The molecule has 0 bridgehead atoms. The predicted molar refractivity (Wildman–Crippen MR) is 73.6 cm³/mol. The van der Waals surface area contributed by atoms with Gasteiger partial charge in [0, 0.05) is 13.1 Å². The van der Waals surface area contributed by atoms with Crippen molar-refractivity contribution in [3.8, 4) is 0 Å². The molecule has 2 aromatic heterocycles. The molecule has 103 valence electrons. The Bertz CT molecular complexity index is 664. The van der Waals surface area contributed by atoms with E-state index in [-0.39, 0.29) is 11.9 Å². The van der Waals surface area contributed by atoms with Crippen LogP contribution in [0, 0.1) is 6.20 Å². The highest BCUT2D eigenvalue weighted by molar-refractivity contribution is 5.87. The Balaban J connectivity index is 1.93. The largest absolute Gasteiger partial charge is 0.383 e. The molecule has 1 amide bonds. The zero-order chi connectivity index (χ0) is 14.1. The van der Waals surface area contributed by atoms with Crippen LogP contribution in [0.1, 0.15) is 18.9 Å². The van der Waals surface area contributed by atoms with Crippen LogP contribution in [0.2, 0.25) is 0 Å². The predicted octanol–water partition coefficient (Wildman–Crippen LogP) is 0.558. The lowest BCUT2D eigenvalue weighted by Crippen LogP contribution is -2.40. The number of fused-ring (bicyclic) bond motifs is 1. The molecule has 7 nitrogen and oxygen atoms in total. The highest BCUT2D eigenvalue weighted by Crippen LogP contribution is 2.25. The van der Waals surface area contributed by atoms with Gasteiger partial charge in [-0.3, -0.25) is 4.79 Å². The minimum absolute atomic E-state index is 0.0516. The molecule has 0 aromatic carbocycles. The van der Waals surface area contributed by atoms with E-state index in [0.717, 1.165) is 19.4 Å². The maximum absolute atomic E-state index is 11.7. The molecule has 1 aliphatic heterocycles. The number of amides is 1. The minimum atomic E-state index is -0.0516. The zero-order valence-electron chi connectivity index (χ0n) is 11.0. The fraction of sp³-hybridized carbons (Fsp3) is 0.385. The van der Waals surface area contributed by atoms with E-state index in [1.165, 1.54) is 12.4 Å². The van der Waals surface area contributed by atoms with Crippen LogP contribution in [0.15, 0.2) is 19.0 Å². The number of aromatic nitrogens is 4. The first-order chi connectivity index (χ1) is 9.70. The maximum atomic E-state index is 11.7. The number of hydrogen-bond acceptors (Lipinski definition) is 5. The molecule has 1 fully saturated rings. The molecule has 0 spiro atoms. The number of carbonyl (C=O) groups excluding carboxylic acids is 1. The van der Waals surface area contributed by atoms with Crippen molar-refractivity contribution < 1.29 is 4.79 Å². The number of hydrogen-bond donors (Lipinski definition) is 1. The number of likely N-dealkylation sites (tertiary alicyclic amines) is 1. The molecule has 0 saturated carbocycles. The van der Waals surface area contributed by atoms with Crippen molar-refractivity contribution in [1.29, 1.82) is 0 Å². The lowest BCUT2D eigenvalue weighted by molar-refractivity contribution is -0.127. The van der Waals surface area contributed by atoms with Crippen molar-refractivity contribution in [2.24, 2.45) is 0 Å². The summed E-state index contributed by atoms with van der Waals surface area (Å²) in [6.07, 6.45) is 7.47. The minimum Gasteiger partial charge on any atom is -0.383 e. The molecule has 1 aliphatic rings. The van der Waals surface area contributed by atoms with Crippen molar-refractivity contribution in [2.45, 2.75) is 18.9 Å². The topological polar surface area (TPSA) is 89.9 Å². The van der Waals surface area contributed by atoms with Crippen LogP contribution in [0.3, 0.4) is 0 Å². The molecule has 2 N–H and O–H groups in total.